The molecule has 0 bridgehead atoms. The summed E-state index contributed by atoms with van der Waals surface area (Å²) in [5.41, 5.74) is 1.98. The summed E-state index contributed by atoms with van der Waals surface area (Å²) in [7, 11) is 0. The molecule has 0 aromatic heterocycles. The van der Waals surface area contributed by atoms with Crippen molar-refractivity contribution in [3.63, 3.8) is 0 Å². The fourth-order valence-electron chi connectivity index (χ4n) is 4.30. The first-order valence-corrected chi connectivity index (χ1v) is 10.2. The number of fused-ring (bicyclic) bond motifs is 3. The van der Waals surface area contributed by atoms with Gasteiger partial charge in [-0.15, -0.1) is 0 Å². The Hall–Kier alpha value is -2.29. The zero-order chi connectivity index (χ0) is 20.5. The van der Waals surface area contributed by atoms with Gasteiger partial charge >= 0.3 is 0 Å². The van der Waals surface area contributed by atoms with Crippen LogP contribution in [0.4, 0.5) is 0 Å². The minimum atomic E-state index is -0.622. The van der Waals surface area contributed by atoms with E-state index in [-0.39, 0.29) is 37.0 Å². The minimum absolute atomic E-state index is 0.0791. The molecule has 7 nitrogen and oxygen atoms in total. The van der Waals surface area contributed by atoms with Gasteiger partial charge in [-0.3, -0.25) is 4.79 Å². The second kappa shape index (κ2) is 8.45. The van der Waals surface area contributed by atoms with Gasteiger partial charge in [-0.05, 0) is 5.56 Å². The van der Waals surface area contributed by atoms with Gasteiger partial charge < -0.3 is 28.6 Å². The van der Waals surface area contributed by atoms with Gasteiger partial charge in [0.2, 0.25) is 5.91 Å². The van der Waals surface area contributed by atoms with E-state index in [1.807, 2.05) is 60.7 Å². The number of rotatable bonds is 4. The molecular formula is C23H25NO6. The average molecular weight is 411 g/mol. The zero-order valence-corrected chi connectivity index (χ0v) is 16.8. The van der Waals surface area contributed by atoms with Gasteiger partial charge in [0.15, 0.2) is 12.6 Å². The molecule has 0 unspecified atom stereocenters. The molecule has 3 fully saturated rings. The highest BCUT2D eigenvalue weighted by molar-refractivity contribution is 5.74. The highest BCUT2D eigenvalue weighted by atomic mass is 16.8. The third-order valence-corrected chi connectivity index (χ3v) is 5.81. The maximum atomic E-state index is 12.2. The Morgan fingerprint density at radius 3 is 2.47 bits per heavy atom. The van der Waals surface area contributed by atoms with Crippen LogP contribution in [0.1, 0.15) is 24.3 Å². The van der Waals surface area contributed by atoms with Crippen LogP contribution in [0.5, 0.6) is 0 Å². The van der Waals surface area contributed by atoms with Gasteiger partial charge in [0.1, 0.15) is 31.1 Å². The lowest BCUT2D eigenvalue weighted by Gasteiger charge is -2.47. The summed E-state index contributed by atoms with van der Waals surface area (Å²) in [4.78, 5) is 13.9. The van der Waals surface area contributed by atoms with Gasteiger partial charge in [-0.25, -0.2) is 0 Å². The lowest BCUT2D eigenvalue weighted by molar-refractivity contribution is -0.342. The smallest absolute Gasteiger partial charge is 0.221 e. The molecule has 0 radical (unpaired) electrons. The minimum Gasteiger partial charge on any atom is -0.353 e. The number of nitrogens with zero attached hydrogens (tertiary/aromatic N) is 1. The van der Waals surface area contributed by atoms with E-state index in [1.165, 1.54) is 6.92 Å². The number of hydrogen-bond acceptors (Lipinski definition) is 6. The molecule has 3 aliphatic heterocycles. The van der Waals surface area contributed by atoms with Gasteiger partial charge in [0, 0.05) is 12.5 Å². The first-order chi connectivity index (χ1) is 14.7. The number of benzene rings is 2. The molecule has 158 valence electrons. The van der Waals surface area contributed by atoms with E-state index in [0.29, 0.717) is 13.2 Å². The van der Waals surface area contributed by atoms with E-state index >= 15 is 0 Å². The molecule has 0 N–H and O–H groups in total. The molecule has 3 aliphatic rings. The van der Waals surface area contributed by atoms with Crippen molar-refractivity contribution in [1.82, 2.24) is 4.90 Å². The normalized spacial score (nSPS) is 33.0. The molecule has 2 aromatic rings. The van der Waals surface area contributed by atoms with Crippen LogP contribution in [0.25, 0.3) is 0 Å². The van der Waals surface area contributed by atoms with Crippen molar-refractivity contribution in [1.29, 1.82) is 0 Å². The molecular weight excluding hydrogens is 386 g/mol. The van der Waals surface area contributed by atoms with Crippen LogP contribution in [0.3, 0.4) is 0 Å². The number of ether oxygens (including phenoxy) is 5. The van der Waals surface area contributed by atoms with Crippen molar-refractivity contribution in [2.75, 3.05) is 13.3 Å². The fourth-order valence-corrected chi connectivity index (χ4v) is 4.30. The Bertz CT molecular complexity index is 863. The third-order valence-electron chi connectivity index (χ3n) is 5.81. The molecule has 1 amide bonds. The molecule has 0 spiro atoms. The largest absolute Gasteiger partial charge is 0.353 e. The SMILES string of the molecule is CC(=O)N1CO[C@H]2[C@@H]3O[C@H](c4ccccc4)OC[C@H]3O[C@H](OCc3ccccc3)[C@@H]21. The van der Waals surface area contributed by atoms with Crippen LogP contribution in [0.15, 0.2) is 60.7 Å². The zero-order valence-electron chi connectivity index (χ0n) is 16.8. The second-order valence-corrected chi connectivity index (χ2v) is 7.76. The molecule has 2 aromatic carbocycles. The van der Waals surface area contributed by atoms with E-state index in [0.717, 1.165) is 11.1 Å². The summed E-state index contributed by atoms with van der Waals surface area (Å²) < 4.78 is 30.6. The van der Waals surface area contributed by atoms with Gasteiger partial charge in [-0.1, -0.05) is 60.7 Å². The van der Waals surface area contributed by atoms with Gasteiger partial charge in [0.25, 0.3) is 0 Å². The first kappa shape index (κ1) is 19.7. The lowest BCUT2D eigenvalue weighted by atomic mass is 9.95. The quantitative estimate of drug-likeness (QED) is 0.771. The Kier molecular flexibility index (Phi) is 5.54. The summed E-state index contributed by atoms with van der Waals surface area (Å²) in [6.07, 6.45) is -2.14. The second-order valence-electron chi connectivity index (χ2n) is 7.76. The topological polar surface area (TPSA) is 66.5 Å². The summed E-state index contributed by atoms with van der Waals surface area (Å²) in [5.74, 6) is -0.0791. The summed E-state index contributed by atoms with van der Waals surface area (Å²) in [6.45, 7) is 2.47. The third kappa shape index (κ3) is 3.75. The fraction of sp³-hybridized carbons (Fsp3) is 0.435. The number of amides is 1. The number of carbonyl (C=O) groups is 1. The summed E-state index contributed by atoms with van der Waals surface area (Å²) in [6, 6.07) is 19.3. The average Bonchev–Trinajstić information content (AvgIpc) is 3.25. The van der Waals surface area contributed by atoms with Crippen molar-refractivity contribution in [2.45, 2.75) is 50.5 Å². The highest BCUT2D eigenvalue weighted by Crippen LogP contribution is 2.39. The van der Waals surface area contributed by atoms with Crippen LogP contribution in [0, 0.1) is 0 Å². The molecule has 5 rings (SSSR count). The van der Waals surface area contributed by atoms with E-state index < -0.39 is 12.6 Å². The van der Waals surface area contributed by atoms with Crippen molar-refractivity contribution in [3.8, 4) is 0 Å². The Balaban J connectivity index is 1.35. The van der Waals surface area contributed by atoms with E-state index in [9.17, 15) is 4.79 Å². The predicted molar refractivity (Wildman–Crippen MR) is 106 cm³/mol. The van der Waals surface area contributed by atoms with Crippen LogP contribution in [-0.2, 0) is 35.1 Å². The summed E-state index contributed by atoms with van der Waals surface area (Å²) >= 11 is 0. The molecule has 30 heavy (non-hydrogen) atoms. The van der Waals surface area contributed by atoms with Crippen molar-refractivity contribution >= 4 is 5.91 Å². The van der Waals surface area contributed by atoms with Crippen molar-refractivity contribution < 1.29 is 28.5 Å². The lowest BCUT2D eigenvalue weighted by Crippen LogP contribution is -2.64. The van der Waals surface area contributed by atoms with Gasteiger partial charge in [-0.2, -0.15) is 0 Å². The van der Waals surface area contributed by atoms with Crippen LogP contribution < -0.4 is 0 Å². The van der Waals surface area contributed by atoms with E-state index in [2.05, 4.69) is 0 Å². The molecule has 0 aliphatic carbocycles. The standard InChI is InChI=1S/C23H25NO6/c1-15(25)24-14-28-21-19(24)23(26-12-16-8-4-2-5-9-16)29-18-13-27-22(30-20(18)21)17-10-6-3-7-11-17/h2-11,18-23H,12-14H2,1H3/t18-,19-,20-,21-,22-,23+/m1/s1. The van der Waals surface area contributed by atoms with Crippen LogP contribution >= 0.6 is 0 Å². The highest BCUT2D eigenvalue weighted by Gasteiger charge is 2.56. The molecule has 6 atom stereocenters. The first-order valence-electron chi connectivity index (χ1n) is 10.2. The van der Waals surface area contributed by atoms with Crippen molar-refractivity contribution in [3.05, 3.63) is 71.8 Å². The van der Waals surface area contributed by atoms with E-state index in [1.54, 1.807) is 4.90 Å². The Labute approximate surface area is 175 Å². The molecule has 7 heteroatoms. The Morgan fingerprint density at radius 1 is 1.00 bits per heavy atom. The monoisotopic (exact) mass is 411 g/mol. The molecule has 3 saturated heterocycles. The molecule has 3 heterocycles. The number of carbonyl (C=O) groups excluding carboxylic acids is 1. The molecule has 0 saturated carbocycles. The van der Waals surface area contributed by atoms with Crippen LogP contribution in [-0.4, -0.2) is 54.8 Å². The maximum Gasteiger partial charge on any atom is 0.221 e. The summed E-state index contributed by atoms with van der Waals surface area (Å²) in [5, 5.41) is 0. The number of hydrogen-bond donors (Lipinski definition) is 0. The maximum absolute atomic E-state index is 12.2. The van der Waals surface area contributed by atoms with Crippen molar-refractivity contribution in [2.24, 2.45) is 0 Å². The Morgan fingerprint density at radius 2 is 1.73 bits per heavy atom. The van der Waals surface area contributed by atoms with E-state index in [4.69, 9.17) is 23.7 Å². The van der Waals surface area contributed by atoms with Gasteiger partial charge in [0.05, 0.1) is 13.2 Å². The predicted octanol–water partition coefficient (Wildman–Crippen LogP) is 2.62. The van der Waals surface area contributed by atoms with Crippen LogP contribution in [0.2, 0.25) is 0 Å².